The fraction of sp³-hybridized carbons (Fsp3) is 0.294. The van der Waals surface area contributed by atoms with Gasteiger partial charge in [-0.3, -0.25) is 0 Å². The maximum atomic E-state index is 12.1. The number of carbonyl (C=O) groups is 1. The third-order valence-electron chi connectivity index (χ3n) is 4.22. The Labute approximate surface area is 138 Å². The van der Waals surface area contributed by atoms with Gasteiger partial charge in [0.2, 0.25) is 0 Å². The van der Waals surface area contributed by atoms with E-state index in [0.717, 1.165) is 22.4 Å². The number of ether oxygens (including phenoxy) is 1. The maximum absolute atomic E-state index is 12.1. The van der Waals surface area contributed by atoms with E-state index in [-0.39, 0.29) is 12.0 Å². The number of aromatic nitrogens is 4. The molecule has 1 amide bonds. The molecule has 0 saturated carbocycles. The molecule has 0 aliphatic carbocycles. The van der Waals surface area contributed by atoms with Crippen molar-refractivity contribution in [3.8, 4) is 0 Å². The predicted molar refractivity (Wildman–Crippen MR) is 87.2 cm³/mol. The molecule has 3 heterocycles. The molecule has 7 heteroatoms. The number of rotatable bonds is 3. The largest absolute Gasteiger partial charge is 0.445 e. The average Bonchev–Trinajstić information content (AvgIpc) is 2.90. The second-order valence-corrected chi connectivity index (χ2v) is 5.88. The number of aryl methyl sites for hydroxylation is 1. The minimum Gasteiger partial charge on any atom is -0.445 e. The van der Waals surface area contributed by atoms with E-state index >= 15 is 0 Å². The molecule has 0 spiro atoms. The highest BCUT2D eigenvalue weighted by Gasteiger charge is 2.36. The minimum atomic E-state index is -0.290. The smallest absolute Gasteiger partial charge is 0.410 e. The molecule has 0 bridgehead atoms. The molecule has 0 atom stereocenters. The second kappa shape index (κ2) is 5.92. The van der Waals surface area contributed by atoms with E-state index in [1.54, 1.807) is 22.0 Å². The summed E-state index contributed by atoms with van der Waals surface area (Å²) in [6, 6.07) is 9.66. The third-order valence-corrected chi connectivity index (χ3v) is 4.22. The number of nitrogens with zero attached hydrogens (tertiary/aromatic N) is 5. The lowest BCUT2D eigenvalue weighted by atomic mass is 9.96. The van der Waals surface area contributed by atoms with Gasteiger partial charge in [0.25, 0.3) is 0 Å². The number of amides is 1. The predicted octanol–water partition coefficient (Wildman–Crippen LogP) is 2.10. The van der Waals surface area contributed by atoms with Crippen LogP contribution in [0, 0.1) is 0 Å². The average molecular weight is 323 g/mol. The first-order valence-electron chi connectivity index (χ1n) is 7.81. The van der Waals surface area contributed by atoms with Gasteiger partial charge in [-0.1, -0.05) is 30.3 Å². The van der Waals surface area contributed by atoms with Crippen LogP contribution in [-0.2, 0) is 18.4 Å². The van der Waals surface area contributed by atoms with Gasteiger partial charge >= 0.3 is 6.09 Å². The van der Waals surface area contributed by atoms with E-state index < -0.39 is 0 Å². The molecule has 1 aliphatic rings. The normalized spacial score (nSPS) is 14.6. The molecular formula is C17H17N5O2. The van der Waals surface area contributed by atoms with Crippen LogP contribution in [0.15, 0.2) is 42.7 Å². The Morgan fingerprint density at radius 2 is 1.96 bits per heavy atom. The van der Waals surface area contributed by atoms with Crippen LogP contribution in [0.2, 0.25) is 0 Å². The number of likely N-dealkylation sites (tertiary alicyclic amines) is 1. The van der Waals surface area contributed by atoms with Crippen molar-refractivity contribution >= 4 is 17.3 Å². The van der Waals surface area contributed by atoms with E-state index in [4.69, 9.17) is 4.74 Å². The standard InChI is InChI=1S/C17H17N5O2/c1-21-16-15(18-7-8-19-16)14(20-21)13-9-22(10-13)17(23)24-11-12-5-3-2-4-6-12/h2-8,13H,9-11H2,1H3. The lowest BCUT2D eigenvalue weighted by Gasteiger charge is -2.37. The molecule has 1 saturated heterocycles. The lowest BCUT2D eigenvalue weighted by molar-refractivity contribution is 0.0658. The van der Waals surface area contributed by atoms with Gasteiger partial charge in [0, 0.05) is 38.4 Å². The Bertz CT molecular complexity index is 871. The summed E-state index contributed by atoms with van der Waals surface area (Å²) in [4.78, 5) is 22.4. The van der Waals surface area contributed by atoms with Crippen molar-refractivity contribution in [3.05, 3.63) is 54.0 Å². The van der Waals surface area contributed by atoms with Crippen molar-refractivity contribution < 1.29 is 9.53 Å². The summed E-state index contributed by atoms with van der Waals surface area (Å²) in [7, 11) is 1.85. The lowest BCUT2D eigenvalue weighted by Crippen LogP contribution is -2.48. The van der Waals surface area contributed by atoms with Crippen molar-refractivity contribution in [2.75, 3.05) is 13.1 Å². The highest BCUT2D eigenvalue weighted by atomic mass is 16.6. The molecule has 2 aromatic heterocycles. The highest BCUT2D eigenvalue weighted by Crippen LogP contribution is 2.30. The van der Waals surface area contributed by atoms with Crippen LogP contribution in [0.25, 0.3) is 11.2 Å². The van der Waals surface area contributed by atoms with Crippen LogP contribution >= 0.6 is 0 Å². The number of fused-ring (bicyclic) bond motifs is 1. The van der Waals surface area contributed by atoms with Gasteiger partial charge in [-0.2, -0.15) is 5.10 Å². The first kappa shape index (κ1) is 14.6. The molecule has 3 aromatic rings. The fourth-order valence-corrected chi connectivity index (χ4v) is 2.89. The van der Waals surface area contributed by atoms with Crippen LogP contribution in [0.4, 0.5) is 4.79 Å². The van der Waals surface area contributed by atoms with Gasteiger partial charge in [-0.25, -0.2) is 19.4 Å². The number of hydrogen-bond donors (Lipinski definition) is 0. The van der Waals surface area contributed by atoms with Gasteiger partial charge < -0.3 is 9.64 Å². The Hall–Kier alpha value is -2.96. The van der Waals surface area contributed by atoms with E-state index in [1.165, 1.54) is 0 Å². The molecule has 122 valence electrons. The molecular weight excluding hydrogens is 306 g/mol. The van der Waals surface area contributed by atoms with E-state index in [9.17, 15) is 4.79 Å². The molecule has 1 aliphatic heterocycles. The van der Waals surface area contributed by atoms with Crippen LogP contribution in [0.5, 0.6) is 0 Å². The zero-order chi connectivity index (χ0) is 16.5. The van der Waals surface area contributed by atoms with Crippen molar-refractivity contribution in [3.63, 3.8) is 0 Å². The molecule has 24 heavy (non-hydrogen) atoms. The van der Waals surface area contributed by atoms with Crippen molar-refractivity contribution in [1.82, 2.24) is 24.6 Å². The molecule has 1 aromatic carbocycles. The number of benzene rings is 1. The maximum Gasteiger partial charge on any atom is 0.410 e. The Balaban J connectivity index is 1.38. The highest BCUT2D eigenvalue weighted by molar-refractivity contribution is 5.75. The zero-order valence-corrected chi connectivity index (χ0v) is 13.3. The molecule has 0 unspecified atom stereocenters. The summed E-state index contributed by atoms with van der Waals surface area (Å²) in [6.07, 6.45) is 3.03. The number of hydrogen-bond acceptors (Lipinski definition) is 5. The van der Waals surface area contributed by atoms with Crippen molar-refractivity contribution in [2.45, 2.75) is 12.5 Å². The summed E-state index contributed by atoms with van der Waals surface area (Å²) in [5.41, 5.74) is 3.45. The topological polar surface area (TPSA) is 73.1 Å². The summed E-state index contributed by atoms with van der Waals surface area (Å²) >= 11 is 0. The van der Waals surface area contributed by atoms with Crippen LogP contribution in [0.1, 0.15) is 17.2 Å². The third kappa shape index (κ3) is 2.58. The second-order valence-electron chi connectivity index (χ2n) is 5.88. The molecule has 4 rings (SSSR count). The van der Waals surface area contributed by atoms with Gasteiger partial charge in [0.1, 0.15) is 12.1 Å². The first-order chi connectivity index (χ1) is 11.7. The summed E-state index contributed by atoms with van der Waals surface area (Å²) in [6.45, 7) is 1.48. The minimum absolute atomic E-state index is 0.176. The van der Waals surface area contributed by atoms with Crippen LogP contribution in [0.3, 0.4) is 0 Å². The van der Waals surface area contributed by atoms with Crippen molar-refractivity contribution in [2.24, 2.45) is 7.05 Å². The molecule has 0 radical (unpaired) electrons. The summed E-state index contributed by atoms with van der Waals surface area (Å²) < 4.78 is 7.07. The van der Waals surface area contributed by atoms with Crippen molar-refractivity contribution in [1.29, 1.82) is 0 Å². The fourth-order valence-electron chi connectivity index (χ4n) is 2.89. The SMILES string of the molecule is Cn1nc(C2CN(C(=O)OCc3ccccc3)C2)c2nccnc21. The molecule has 1 fully saturated rings. The van der Waals surface area contributed by atoms with Crippen LogP contribution in [-0.4, -0.2) is 43.8 Å². The summed E-state index contributed by atoms with van der Waals surface area (Å²) in [5.74, 6) is 0.176. The first-order valence-corrected chi connectivity index (χ1v) is 7.81. The number of carbonyl (C=O) groups excluding carboxylic acids is 1. The van der Waals surface area contributed by atoms with Gasteiger partial charge in [-0.15, -0.1) is 0 Å². The van der Waals surface area contributed by atoms with E-state index in [1.807, 2.05) is 37.4 Å². The van der Waals surface area contributed by atoms with E-state index in [0.29, 0.717) is 19.7 Å². The molecule has 0 N–H and O–H groups in total. The van der Waals surface area contributed by atoms with Gasteiger partial charge in [-0.05, 0) is 5.56 Å². The van der Waals surface area contributed by atoms with Gasteiger partial charge in [0.15, 0.2) is 5.65 Å². The molecule has 7 nitrogen and oxygen atoms in total. The zero-order valence-electron chi connectivity index (χ0n) is 13.3. The monoisotopic (exact) mass is 323 g/mol. The Morgan fingerprint density at radius 1 is 1.21 bits per heavy atom. The quantitative estimate of drug-likeness (QED) is 0.738. The van der Waals surface area contributed by atoms with Crippen LogP contribution < -0.4 is 0 Å². The Kier molecular flexibility index (Phi) is 3.60. The Morgan fingerprint density at radius 3 is 2.75 bits per heavy atom. The summed E-state index contributed by atoms with van der Waals surface area (Å²) in [5, 5.41) is 4.51. The van der Waals surface area contributed by atoms with E-state index in [2.05, 4.69) is 15.1 Å². The van der Waals surface area contributed by atoms with Gasteiger partial charge in [0.05, 0.1) is 5.69 Å².